The highest BCUT2D eigenvalue weighted by Gasteiger charge is 2.26. The summed E-state index contributed by atoms with van der Waals surface area (Å²) in [5.41, 5.74) is 3.48. The highest BCUT2D eigenvalue weighted by Crippen LogP contribution is 2.26. The Labute approximate surface area is 109 Å². The zero-order valence-electron chi connectivity index (χ0n) is 11.5. The number of hydrogen-bond donors (Lipinski definition) is 1. The van der Waals surface area contributed by atoms with Crippen molar-refractivity contribution in [3.8, 4) is 0 Å². The second-order valence-corrected chi connectivity index (χ2v) is 5.61. The van der Waals surface area contributed by atoms with E-state index in [1.54, 1.807) is 11.3 Å². The fourth-order valence-electron chi connectivity index (χ4n) is 2.38. The third kappa shape index (κ3) is 4.37. The van der Waals surface area contributed by atoms with E-state index in [0.717, 1.165) is 19.6 Å². The number of nitrogens with one attached hydrogen (secondary N) is 1. The average molecular weight is 255 g/mol. The minimum atomic E-state index is 0.388. The summed E-state index contributed by atoms with van der Waals surface area (Å²) < 4.78 is 0. The molecule has 0 aliphatic carbocycles. The summed E-state index contributed by atoms with van der Waals surface area (Å²) in [5.74, 6) is 0. The van der Waals surface area contributed by atoms with Crippen LogP contribution in [0.4, 0.5) is 0 Å². The van der Waals surface area contributed by atoms with Gasteiger partial charge in [-0.25, -0.2) is 4.98 Å². The molecule has 1 rings (SSSR count). The molecule has 1 N–H and O–H groups in total. The standard InChI is InChI=1S/C13H25N3S/c1-5-13(6-2,9-14-3)10-16(4)7-12-8-17-11-15-12/h8,11,14H,5-7,9-10H2,1-4H3. The van der Waals surface area contributed by atoms with E-state index in [9.17, 15) is 0 Å². The van der Waals surface area contributed by atoms with Crippen LogP contribution in [0.25, 0.3) is 0 Å². The SMILES string of the molecule is CCC(CC)(CNC)CN(C)Cc1cscn1. The van der Waals surface area contributed by atoms with Crippen LogP contribution in [0.5, 0.6) is 0 Å². The molecule has 0 unspecified atom stereocenters. The quantitative estimate of drug-likeness (QED) is 0.774. The molecular formula is C13H25N3S. The maximum absolute atomic E-state index is 4.35. The molecule has 0 aromatic carbocycles. The van der Waals surface area contributed by atoms with Crippen LogP contribution in [0, 0.1) is 5.41 Å². The molecule has 0 radical (unpaired) electrons. The first-order valence-electron chi connectivity index (χ1n) is 6.36. The summed E-state index contributed by atoms with van der Waals surface area (Å²) in [6.07, 6.45) is 2.43. The number of nitrogens with zero attached hydrogens (tertiary/aromatic N) is 2. The maximum Gasteiger partial charge on any atom is 0.0795 e. The molecule has 4 heteroatoms. The Morgan fingerprint density at radius 3 is 2.59 bits per heavy atom. The predicted molar refractivity (Wildman–Crippen MR) is 75.4 cm³/mol. The van der Waals surface area contributed by atoms with E-state index in [1.165, 1.54) is 18.5 Å². The van der Waals surface area contributed by atoms with Crippen molar-refractivity contribution in [2.75, 3.05) is 27.2 Å². The molecule has 0 saturated carbocycles. The molecule has 0 aliphatic rings. The molecule has 0 saturated heterocycles. The van der Waals surface area contributed by atoms with Crippen molar-refractivity contribution in [2.45, 2.75) is 33.2 Å². The Hall–Kier alpha value is -0.450. The zero-order valence-corrected chi connectivity index (χ0v) is 12.3. The number of thiazole rings is 1. The second kappa shape index (κ2) is 7.09. The number of rotatable bonds is 8. The lowest BCUT2D eigenvalue weighted by Crippen LogP contribution is -2.41. The van der Waals surface area contributed by atoms with E-state index in [1.807, 2.05) is 12.6 Å². The molecule has 0 atom stereocenters. The zero-order chi connectivity index (χ0) is 12.7. The third-order valence-corrected chi connectivity index (χ3v) is 4.21. The van der Waals surface area contributed by atoms with Gasteiger partial charge in [0.1, 0.15) is 0 Å². The van der Waals surface area contributed by atoms with Crippen LogP contribution in [0.15, 0.2) is 10.9 Å². The van der Waals surface area contributed by atoms with Gasteiger partial charge in [0.05, 0.1) is 11.2 Å². The Morgan fingerprint density at radius 2 is 2.12 bits per heavy atom. The van der Waals surface area contributed by atoms with E-state index in [-0.39, 0.29) is 0 Å². The van der Waals surface area contributed by atoms with Crippen molar-refractivity contribution in [1.82, 2.24) is 15.2 Å². The third-order valence-electron chi connectivity index (χ3n) is 3.57. The first-order valence-corrected chi connectivity index (χ1v) is 7.30. The van der Waals surface area contributed by atoms with Crippen molar-refractivity contribution in [2.24, 2.45) is 5.41 Å². The van der Waals surface area contributed by atoms with Gasteiger partial charge in [-0.1, -0.05) is 13.8 Å². The van der Waals surface area contributed by atoms with Crippen molar-refractivity contribution < 1.29 is 0 Å². The van der Waals surface area contributed by atoms with E-state index < -0.39 is 0 Å². The molecule has 0 aliphatic heterocycles. The highest BCUT2D eigenvalue weighted by molar-refractivity contribution is 7.07. The monoisotopic (exact) mass is 255 g/mol. The van der Waals surface area contributed by atoms with Gasteiger partial charge in [-0.05, 0) is 32.4 Å². The van der Waals surface area contributed by atoms with Crippen molar-refractivity contribution in [1.29, 1.82) is 0 Å². The van der Waals surface area contributed by atoms with Crippen LogP contribution in [0.1, 0.15) is 32.4 Å². The van der Waals surface area contributed by atoms with Crippen LogP contribution in [0.2, 0.25) is 0 Å². The Kier molecular flexibility index (Phi) is 6.09. The van der Waals surface area contributed by atoms with Crippen molar-refractivity contribution >= 4 is 11.3 Å². The van der Waals surface area contributed by atoms with Crippen LogP contribution in [0.3, 0.4) is 0 Å². The molecule has 1 heterocycles. The molecular weight excluding hydrogens is 230 g/mol. The fraction of sp³-hybridized carbons (Fsp3) is 0.769. The van der Waals surface area contributed by atoms with Gasteiger partial charge < -0.3 is 5.32 Å². The lowest BCUT2D eigenvalue weighted by molar-refractivity contribution is 0.152. The fourth-order valence-corrected chi connectivity index (χ4v) is 2.92. The summed E-state index contributed by atoms with van der Waals surface area (Å²) in [7, 11) is 4.23. The number of hydrogen-bond acceptors (Lipinski definition) is 4. The summed E-state index contributed by atoms with van der Waals surface area (Å²) in [5, 5.41) is 5.47. The number of aromatic nitrogens is 1. The van der Waals surface area contributed by atoms with Gasteiger partial charge in [0.15, 0.2) is 0 Å². The van der Waals surface area contributed by atoms with Gasteiger partial charge >= 0.3 is 0 Å². The van der Waals surface area contributed by atoms with Crippen LogP contribution >= 0.6 is 11.3 Å². The summed E-state index contributed by atoms with van der Waals surface area (Å²) in [6.45, 7) is 7.74. The van der Waals surface area contributed by atoms with E-state index >= 15 is 0 Å². The smallest absolute Gasteiger partial charge is 0.0795 e. The molecule has 1 aromatic rings. The minimum Gasteiger partial charge on any atom is -0.319 e. The lowest BCUT2D eigenvalue weighted by Gasteiger charge is -2.35. The first-order chi connectivity index (χ1) is 8.15. The molecule has 3 nitrogen and oxygen atoms in total. The van der Waals surface area contributed by atoms with Crippen LogP contribution < -0.4 is 5.32 Å². The predicted octanol–water partition coefficient (Wildman–Crippen LogP) is 2.60. The molecule has 0 fully saturated rings. The lowest BCUT2D eigenvalue weighted by atomic mass is 9.81. The summed E-state index contributed by atoms with van der Waals surface area (Å²) >= 11 is 1.67. The van der Waals surface area contributed by atoms with Gasteiger partial charge in [-0.3, -0.25) is 4.90 Å². The highest BCUT2D eigenvalue weighted by atomic mass is 32.1. The Morgan fingerprint density at radius 1 is 1.41 bits per heavy atom. The Balaban J connectivity index is 2.54. The van der Waals surface area contributed by atoms with E-state index in [2.05, 4.69) is 41.5 Å². The summed E-state index contributed by atoms with van der Waals surface area (Å²) in [6, 6.07) is 0. The van der Waals surface area contributed by atoms with Gasteiger partial charge in [0.25, 0.3) is 0 Å². The normalized spacial score (nSPS) is 12.3. The average Bonchev–Trinajstić information content (AvgIpc) is 2.81. The van der Waals surface area contributed by atoms with Gasteiger partial charge in [0.2, 0.25) is 0 Å². The van der Waals surface area contributed by atoms with Crippen molar-refractivity contribution in [3.05, 3.63) is 16.6 Å². The summed E-state index contributed by atoms with van der Waals surface area (Å²) in [4.78, 5) is 6.73. The molecule has 1 aromatic heterocycles. The van der Waals surface area contributed by atoms with Gasteiger partial charge in [0, 0.05) is 25.0 Å². The maximum atomic E-state index is 4.35. The van der Waals surface area contributed by atoms with Gasteiger partial charge in [-0.2, -0.15) is 0 Å². The molecule has 0 bridgehead atoms. The topological polar surface area (TPSA) is 28.2 Å². The minimum absolute atomic E-state index is 0.388. The van der Waals surface area contributed by atoms with E-state index in [4.69, 9.17) is 0 Å². The molecule has 98 valence electrons. The van der Waals surface area contributed by atoms with E-state index in [0.29, 0.717) is 5.41 Å². The van der Waals surface area contributed by atoms with Gasteiger partial charge in [-0.15, -0.1) is 11.3 Å². The second-order valence-electron chi connectivity index (χ2n) is 4.89. The largest absolute Gasteiger partial charge is 0.319 e. The molecule has 0 spiro atoms. The van der Waals surface area contributed by atoms with Crippen LogP contribution in [-0.2, 0) is 6.54 Å². The molecule has 0 amide bonds. The Bertz CT molecular complexity index is 294. The molecule has 17 heavy (non-hydrogen) atoms. The first kappa shape index (κ1) is 14.6. The van der Waals surface area contributed by atoms with Crippen molar-refractivity contribution in [3.63, 3.8) is 0 Å². The van der Waals surface area contributed by atoms with Crippen LogP contribution in [-0.4, -0.2) is 37.1 Å².